The maximum Gasteiger partial charge on any atom is 0.340 e. The van der Waals surface area contributed by atoms with Gasteiger partial charge in [-0.1, -0.05) is 30.3 Å². The van der Waals surface area contributed by atoms with Crippen LogP contribution in [0.2, 0.25) is 0 Å². The molecular weight excluding hydrogens is 328 g/mol. The molecule has 5 heteroatoms. The van der Waals surface area contributed by atoms with Crippen molar-refractivity contribution >= 4 is 11.9 Å². The third kappa shape index (κ3) is 4.97. The minimum atomic E-state index is -0.848. The molecule has 1 aromatic heterocycles. The maximum atomic E-state index is 12.5. The van der Waals surface area contributed by atoms with Gasteiger partial charge < -0.3 is 14.6 Å². The fraction of sp³-hybridized carbons (Fsp3) is 0.429. The summed E-state index contributed by atoms with van der Waals surface area (Å²) < 4.78 is 7.45. The quantitative estimate of drug-likeness (QED) is 0.833. The Kier molecular flexibility index (Phi) is 5.90. The fourth-order valence-electron chi connectivity index (χ4n) is 2.77. The van der Waals surface area contributed by atoms with Crippen LogP contribution in [-0.2, 0) is 16.1 Å². The Bertz CT molecular complexity index is 786. The molecule has 140 valence electrons. The summed E-state index contributed by atoms with van der Waals surface area (Å²) in [6.07, 6.45) is -0.848. The number of amides is 1. The molecule has 0 bridgehead atoms. The van der Waals surface area contributed by atoms with Gasteiger partial charge in [0.25, 0.3) is 5.91 Å². The highest BCUT2D eigenvalue weighted by molar-refractivity contribution is 5.93. The number of hydrogen-bond acceptors (Lipinski definition) is 3. The van der Waals surface area contributed by atoms with Crippen molar-refractivity contribution < 1.29 is 14.3 Å². The number of carbonyl (C=O) groups is 2. The zero-order valence-corrected chi connectivity index (χ0v) is 16.4. The molecule has 0 unspecified atom stereocenters. The number of carbonyl (C=O) groups excluding carboxylic acids is 2. The fourth-order valence-corrected chi connectivity index (χ4v) is 2.77. The van der Waals surface area contributed by atoms with Crippen molar-refractivity contribution in [1.82, 2.24) is 9.88 Å². The minimum absolute atomic E-state index is 0.302. The van der Waals surface area contributed by atoms with Gasteiger partial charge in [-0.05, 0) is 53.2 Å². The van der Waals surface area contributed by atoms with Crippen LogP contribution in [0, 0.1) is 13.8 Å². The number of benzene rings is 1. The summed E-state index contributed by atoms with van der Waals surface area (Å²) in [5.74, 6) is -0.780. The summed E-state index contributed by atoms with van der Waals surface area (Å²) >= 11 is 0. The number of hydrogen-bond donors (Lipinski definition) is 1. The lowest BCUT2D eigenvalue weighted by Crippen LogP contribution is -2.46. The van der Waals surface area contributed by atoms with E-state index >= 15 is 0 Å². The SMILES string of the molecule is Cc1cc(C(=O)O[C@@H](C)C(=O)NC(C)(C)C)c(C)n1Cc1ccccc1. The van der Waals surface area contributed by atoms with Gasteiger partial charge in [0, 0.05) is 23.5 Å². The average molecular weight is 356 g/mol. The second kappa shape index (κ2) is 7.77. The highest BCUT2D eigenvalue weighted by Gasteiger charge is 2.25. The van der Waals surface area contributed by atoms with E-state index in [9.17, 15) is 9.59 Å². The Labute approximate surface area is 155 Å². The lowest BCUT2D eigenvalue weighted by Gasteiger charge is -2.23. The first-order valence-electron chi connectivity index (χ1n) is 8.82. The Morgan fingerprint density at radius 1 is 1.15 bits per heavy atom. The van der Waals surface area contributed by atoms with Crippen molar-refractivity contribution in [3.63, 3.8) is 0 Å². The van der Waals surface area contributed by atoms with Crippen LogP contribution in [0.4, 0.5) is 0 Å². The molecule has 0 spiro atoms. The van der Waals surface area contributed by atoms with Gasteiger partial charge in [0.2, 0.25) is 0 Å². The summed E-state index contributed by atoms with van der Waals surface area (Å²) in [6, 6.07) is 11.9. The molecule has 1 aromatic carbocycles. The van der Waals surface area contributed by atoms with E-state index in [1.807, 2.05) is 58.9 Å². The van der Waals surface area contributed by atoms with Crippen molar-refractivity contribution in [2.45, 2.75) is 59.7 Å². The molecule has 1 amide bonds. The lowest BCUT2D eigenvalue weighted by molar-refractivity contribution is -0.130. The number of esters is 1. The smallest absolute Gasteiger partial charge is 0.340 e. The largest absolute Gasteiger partial charge is 0.449 e. The second-order valence-corrected chi connectivity index (χ2v) is 7.64. The van der Waals surface area contributed by atoms with Crippen LogP contribution < -0.4 is 5.32 Å². The van der Waals surface area contributed by atoms with Crippen LogP contribution >= 0.6 is 0 Å². The molecular formula is C21H28N2O3. The van der Waals surface area contributed by atoms with Gasteiger partial charge in [-0.2, -0.15) is 0 Å². The van der Waals surface area contributed by atoms with E-state index in [4.69, 9.17) is 4.74 Å². The van der Waals surface area contributed by atoms with Crippen molar-refractivity contribution in [1.29, 1.82) is 0 Å². The molecule has 0 aliphatic carbocycles. The van der Waals surface area contributed by atoms with Crippen LogP contribution in [0.3, 0.4) is 0 Å². The maximum absolute atomic E-state index is 12.5. The third-order valence-corrected chi connectivity index (χ3v) is 4.13. The minimum Gasteiger partial charge on any atom is -0.449 e. The van der Waals surface area contributed by atoms with E-state index in [2.05, 4.69) is 22.0 Å². The standard InChI is InChI=1S/C21H28N2O3/c1-14-12-18(15(2)23(14)13-17-10-8-7-9-11-17)20(25)26-16(3)19(24)22-21(4,5)6/h7-12,16H,13H2,1-6H3,(H,22,24)/t16-/m0/s1. The monoisotopic (exact) mass is 356 g/mol. The van der Waals surface area contributed by atoms with Crippen LogP contribution in [-0.4, -0.2) is 28.1 Å². The van der Waals surface area contributed by atoms with Gasteiger partial charge in [0.15, 0.2) is 6.10 Å². The van der Waals surface area contributed by atoms with Crippen LogP contribution in [0.5, 0.6) is 0 Å². The summed E-state index contributed by atoms with van der Waals surface area (Å²) in [7, 11) is 0. The van der Waals surface area contributed by atoms with E-state index in [1.54, 1.807) is 6.92 Å². The third-order valence-electron chi connectivity index (χ3n) is 4.13. The molecule has 2 rings (SSSR count). The van der Waals surface area contributed by atoms with Gasteiger partial charge in [0.05, 0.1) is 5.56 Å². The zero-order chi connectivity index (χ0) is 19.5. The first-order valence-corrected chi connectivity index (χ1v) is 8.82. The topological polar surface area (TPSA) is 60.3 Å². The molecule has 1 heterocycles. The molecule has 0 aliphatic rings. The number of nitrogens with one attached hydrogen (secondary N) is 1. The predicted molar refractivity (Wildman–Crippen MR) is 102 cm³/mol. The van der Waals surface area contributed by atoms with E-state index in [0.717, 1.165) is 17.0 Å². The molecule has 5 nitrogen and oxygen atoms in total. The lowest BCUT2D eigenvalue weighted by atomic mass is 10.1. The molecule has 1 N–H and O–H groups in total. The van der Waals surface area contributed by atoms with Crippen molar-refractivity contribution in [3.8, 4) is 0 Å². The normalized spacial score (nSPS) is 12.5. The van der Waals surface area contributed by atoms with E-state index in [0.29, 0.717) is 12.1 Å². The second-order valence-electron chi connectivity index (χ2n) is 7.64. The Balaban J connectivity index is 2.12. The molecule has 0 radical (unpaired) electrons. The molecule has 2 aromatic rings. The molecule has 0 saturated heterocycles. The highest BCUT2D eigenvalue weighted by Crippen LogP contribution is 2.19. The average Bonchev–Trinajstić information content (AvgIpc) is 2.82. The summed E-state index contributed by atoms with van der Waals surface area (Å²) in [5.41, 5.74) is 3.09. The van der Waals surface area contributed by atoms with Gasteiger partial charge in [-0.15, -0.1) is 0 Å². The first kappa shape index (κ1) is 19.8. The highest BCUT2D eigenvalue weighted by atomic mass is 16.5. The molecule has 0 fully saturated rings. The Morgan fingerprint density at radius 3 is 2.35 bits per heavy atom. The summed E-state index contributed by atoms with van der Waals surface area (Å²) in [5, 5.41) is 2.82. The summed E-state index contributed by atoms with van der Waals surface area (Å²) in [6.45, 7) is 11.8. The van der Waals surface area contributed by atoms with Crippen molar-refractivity contribution in [2.75, 3.05) is 0 Å². The first-order chi connectivity index (χ1) is 12.1. The van der Waals surface area contributed by atoms with Crippen molar-refractivity contribution in [3.05, 3.63) is 58.9 Å². The molecule has 1 atom stereocenters. The molecule has 0 aliphatic heterocycles. The van der Waals surface area contributed by atoms with Crippen LogP contribution in [0.25, 0.3) is 0 Å². The van der Waals surface area contributed by atoms with E-state index < -0.39 is 12.1 Å². The molecule has 26 heavy (non-hydrogen) atoms. The van der Waals surface area contributed by atoms with Crippen LogP contribution in [0.1, 0.15) is 55.0 Å². The van der Waals surface area contributed by atoms with E-state index in [-0.39, 0.29) is 11.4 Å². The van der Waals surface area contributed by atoms with Gasteiger partial charge in [-0.3, -0.25) is 4.79 Å². The number of aromatic nitrogens is 1. The van der Waals surface area contributed by atoms with Crippen molar-refractivity contribution in [2.24, 2.45) is 0 Å². The number of nitrogens with zero attached hydrogens (tertiary/aromatic N) is 1. The predicted octanol–water partition coefficient (Wildman–Crippen LogP) is 3.61. The van der Waals surface area contributed by atoms with E-state index in [1.165, 1.54) is 0 Å². The Hall–Kier alpha value is -2.56. The zero-order valence-electron chi connectivity index (χ0n) is 16.4. The molecule has 0 saturated carbocycles. The van der Waals surface area contributed by atoms with Gasteiger partial charge in [-0.25, -0.2) is 4.79 Å². The Morgan fingerprint density at radius 2 is 1.77 bits per heavy atom. The number of rotatable bonds is 5. The van der Waals surface area contributed by atoms with Crippen LogP contribution in [0.15, 0.2) is 36.4 Å². The van der Waals surface area contributed by atoms with Gasteiger partial charge in [0.1, 0.15) is 0 Å². The summed E-state index contributed by atoms with van der Waals surface area (Å²) in [4.78, 5) is 24.7. The number of aryl methyl sites for hydroxylation is 1. The van der Waals surface area contributed by atoms with Gasteiger partial charge >= 0.3 is 5.97 Å². The number of ether oxygens (including phenoxy) is 1.